The summed E-state index contributed by atoms with van der Waals surface area (Å²) in [5.74, 6) is 1.24. The lowest BCUT2D eigenvalue weighted by Gasteiger charge is -2.33. The predicted octanol–water partition coefficient (Wildman–Crippen LogP) is 1.15. The molecule has 0 saturated heterocycles. The molecule has 0 saturated carbocycles. The van der Waals surface area contributed by atoms with Crippen molar-refractivity contribution in [1.29, 1.82) is 0 Å². The van der Waals surface area contributed by atoms with Crippen molar-refractivity contribution >= 4 is 0 Å². The Morgan fingerprint density at radius 2 is 1.80 bits per heavy atom. The van der Waals surface area contributed by atoms with E-state index >= 15 is 0 Å². The average molecular weight is 215 g/mol. The normalized spacial score (nSPS) is 15.0. The Kier molecular flexibility index (Phi) is 6.41. The molecular formula is C12H29N3. The van der Waals surface area contributed by atoms with Crippen LogP contribution in [-0.4, -0.2) is 44.2 Å². The third kappa shape index (κ3) is 5.50. The zero-order valence-corrected chi connectivity index (χ0v) is 11.3. The summed E-state index contributed by atoms with van der Waals surface area (Å²) in [6.07, 6.45) is 0. The van der Waals surface area contributed by atoms with Crippen LogP contribution in [-0.2, 0) is 0 Å². The third-order valence-corrected chi connectivity index (χ3v) is 3.42. The summed E-state index contributed by atoms with van der Waals surface area (Å²) in [6, 6.07) is 0. The van der Waals surface area contributed by atoms with Gasteiger partial charge in [0, 0.05) is 12.1 Å². The monoisotopic (exact) mass is 215 g/mol. The number of rotatable bonds is 7. The van der Waals surface area contributed by atoms with E-state index in [4.69, 9.17) is 5.73 Å². The average Bonchev–Trinajstić information content (AvgIpc) is 2.11. The minimum absolute atomic E-state index is 0.204. The molecule has 0 fully saturated rings. The summed E-state index contributed by atoms with van der Waals surface area (Å²) in [6.45, 7) is 11.7. The lowest BCUT2D eigenvalue weighted by molar-refractivity contribution is 0.185. The quantitative estimate of drug-likeness (QED) is 0.669. The Morgan fingerprint density at radius 1 is 1.27 bits per heavy atom. The lowest BCUT2D eigenvalue weighted by Crippen LogP contribution is -2.48. The SMILES string of the molecule is CC(C)C(CN)CNCC(C)(C)N(C)C. The third-order valence-electron chi connectivity index (χ3n) is 3.42. The molecule has 0 aliphatic carbocycles. The number of likely N-dealkylation sites (N-methyl/N-ethyl adjacent to an activating group) is 1. The second-order valence-electron chi connectivity index (χ2n) is 5.58. The smallest absolute Gasteiger partial charge is 0.0271 e. The van der Waals surface area contributed by atoms with Crippen molar-refractivity contribution in [3.63, 3.8) is 0 Å². The van der Waals surface area contributed by atoms with E-state index in [1.165, 1.54) is 0 Å². The number of hydrogen-bond acceptors (Lipinski definition) is 3. The van der Waals surface area contributed by atoms with Crippen molar-refractivity contribution in [3.8, 4) is 0 Å². The summed E-state index contributed by atoms with van der Waals surface area (Å²) in [5.41, 5.74) is 5.94. The van der Waals surface area contributed by atoms with Crippen molar-refractivity contribution < 1.29 is 0 Å². The summed E-state index contributed by atoms with van der Waals surface area (Å²) in [5, 5.41) is 3.52. The van der Waals surface area contributed by atoms with E-state index in [1.54, 1.807) is 0 Å². The molecule has 0 amide bonds. The maximum Gasteiger partial charge on any atom is 0.0271 e. The largest absolute Gasteiger partial charge is 0.330 e. The molecule has 0 radical (unpaired) electrons. The van der Waals surface area contributed by atoms with Crippen LogP contribution in [0.5, 0.6) is 0 Å². The van der Waals surface area contributed by atoms with Crippen molar-refractivity contribution in [2.24, 2.45) is 17.6 Å². The van der Waals surface area contributed by atoms with E-state index in [1.807, 2.05) is 0 Å². The van der Waals surface area contributed by atoms with Crippen LogP contribution < -0.4 is 11.1 Å². The molecule has 0 spiro atoms. The van der Waals surface area contributed by atoms with E-state index in [2.05, 4.69) is 52.0 Å². The van der Waals surface area contributed by atoms with Crippen LogP contribution in [0.2, 0.25) is 0 Å². The van der Waals surface area contributed by atoms with Gasteiger partial charge >= 0.3 is 0 Å². The van der Waals surface area contributed by atoms with Gasteiger partial charge in [0.2, 0.25) is 0 Å². The molecule has 0 aromatic carbocycles. The molecule has 0 aliphatic rings. The lowest BCUT2D eigenvalue weighted by atomic mass is 9.95. The molecule has 0 aliphatic heterocycles. The van der Waals surface area contributed by atoms with Gasteiger partial charge in [0.05, 0.1) is 0 Å². The summed E-state index contributed by atoms with van der Waals surface area (Å²) in [7, 11) is 4.23. The van der Waals surface area contributed by atoms with Gasteiger partial charge in [0.25, 0.3) is 0 Å². The van der Waals surface area contributed by atoms with Crippen LogP contribution in [0.15, 0.2) is 0 Å². The fourth-order valence-corrected chi connectivity index (χ4v) is 1.31. The first kappa shape index (κ1) is 14.9. The minimum atomic E-state index is 0.204. The van der Waals surface area contributed by atoms with E-state index < -0.39 is 0 Å². The number of hydrogen-bond donors (Lipinski definition) is 2. The van der Waals surface area contributed by atoms with Gasteiger partial charge in [0.15, 0.2) is 0 Å². The number of nitrogens with two attached hydrogens (primary N) is 1. The summed E-state index contributed by atoms with van der Waals surface area (Å²) in [4.78, 5) is 2.24. The topological polar surface area (TPSA) is 41.3 Å². The van der Waals surface area contributed by atoms with Crippen molar-refractivity contribution in [2.45, 2.75) is 33.2 Å². The van der Waals surface area contributed by atoms with Crippen LogP contribution in [0.1, 0.15) is 27.7 Å². The Balaban J connectivity index is 3.87. The highest BCUT2D eigenvalue weighted by molar-refractivity contribution is 4.80. The van der Waals surface area contributed by atoms with Gasteiger partial charge in [-0.1, -0.05) is 13.8 Å². The molecule has 15 heavy (non-hydrogen) atoms. The fourth-order valence-electron chi connectivity index (χ4n) is 1.31. The maximum absolute atomic E-state index is 5.73. The predicted molar refractivity (Wildman–Crippen MR) is 68.0 cm³/mol. The molecule has 3 nitrogen and oxygen atoms in total. The van der Waals surface area contributed by atoms with Crippen LogP contribution in [0, 0.1) is 11.8 Å². The van der Waals surface area contributed by atoms with Gasteiger partial charge < -0.3 is 16.0 Å². The first-order valence-electron chi connectivity index (χ1n) is 5.89. The van der Waals surface area contributed by atoms with Gasteiger partial charge in [-0.2, -0.15) is 0 Å². The molecule has 0 bridgehead atoms. The zero-order chi connectivity index (χ0) is 12.1. The molecule has 0 aromatic heterocycles. The molecule has 3 heteroatoms. The first-order chi connectivity index (χ1) is 6.81. The van der Waals surface area contributed by atoms with Crippen LogP contribution in [0.4, 0.5) is 0 Å². The van der Waals surface area contributed by atoms with Gasteiger partial charge in [-0.15, -0.1) is 0 Å². The van der Waals surface area contributed by atoms with Gasteiger partial charge in [-0.3, -0.25) is 0 Å². The van der Waals surface area contributed by atoms with Gasteiger partial charge in [-0.05, 0) is 52.9 Å². The van der Waals surface area contributed by atoms with Crippen LogP contribution >= 0.6 is 0 Å². The Bertz CT molecular complexity index is 164. The molecular weight excluding hydrogens is 186 g/mol. The van der Waals surface area contributed by atoms with Crippen molar-refractivity contribution in [1.82, 2.24) is 10.2 Å². The molecule has 0 heterocycles. The summed E-state index contributed by atoms with van der Waals surface area (Å²) < 4.78 is 0. The highest BCUT2D eigenvalue weighted by atomic mass is 15.2. The number of nitrogens with zero attached hydrogens (tertiary/aromatic N) is 1. The van der Waals surface area contributed by atoms with Crippen LogP contribution in [0.3, 0.4) is 0 Å². The van der Waals surface area contributed by atoms with E-state index in [0.717, 1.165) is 19.6 Å². The highest BCUT2D eigenvalue weighted by Gasteiger charge is 2.20. The zero-order valence-electron chi connectivity index (χ0n) is 11.3. The maximum atomic E-state index is 5.73. The molecule has 3 N–H and O–H groups in total. The fraction of sp³-hybridized carbons (Fsp3) is 1.00. The van der Waals surface area contributed by atoms with E-state index in [0.29, 0.717) is 11.8 Å². The van der Waals surface area contributed by atoms with Crippen molar-refractivity contribution in [2.75, 3.05) is 33.7 Å². The van der Waals surface area contributed by atoms with Crippen molar-refractivity contribution in [3.05, 3.63) is 0 Å². The Labute approximate surface area is 95.4 Å². The second kappa shape index (κ2) is 6.46. The van der Waals surface area contributed by atoms with E-state index in [9.17, 15) is 0 Å². The molecule has 92 valence electrons. The first-order valence-corrected chi connectivity index (χ1v) is 5.89. The number of nitrogens with one attached hydrogen (secondary N) is 1. The van der Waals surface area contributed by atoms with Gasteiger partial charge in [-0.25, -0.2) is 0 Å². The molecule has 0 rings (SSSR count). The second-order valence-corrected chi connectivity index (χ2v) is 5.58. The molecule has 0 aromatic rings. The minimum Gasteiger partial charge on any atom is -0.330 e. The summed E-state index contributed by atoms with van der Waals surface area (Å²) >= 11 is 0. The molecule has 1 atom stereocenters. The van der Waals surface area contributed by atoms with Gasteiger partial charge in [0.1, 0.15) is 0 Å². The van der Waals surface area contributed by atoms with Crippen LogP contribution in [0.25, 0.3) is 0 Å². The Morgan fingerprint density at radius 3 is 2.13 bits per heavy atom. The highest BCUT2D eigenvalue weighted by Crippen LogP contribution is 2.10. The Hall–Kier alpha value is -0.120. The molecule has 1 unspecified atom stereocenters. The van der Waals surface area contributed by atoms with E-state index in [-0.39, 0.29) is 5.54 Å². The standard InChI is InChI=1S/C12H29N3/c1-10(2)11(7-13)8-14-9-12(3,4)15(5)6/h10-11,14H,7-9,13H2,1-6H3.